The fourth-order valence-electron chi connectivity index (χ4n) is 13.6. The molecule has 0 aliphatic carbocycles. The van der Waals surface area contributed by atoms with Crippen LogP contribution < -0.4 is 5.32 Å². The number of aliphatic hydroxyl groups is 11. The van der Waals surface area contributed by atoms with Gasteiger partial charge in [-0.2, -0.15) is 0 Å². The molecule has 3 heterocycles. The minimum atomic E-state index is -1.98. The number of amides is 1. The Hall–Kier alpha value is -2.25. The molecule has 3 rings (SSSR count). The predicted octanol–water partition coefficient (Wildman–Crippen LogP) is 13.3. The van der Waals surface area contributed by atoms with Crippen LogP contribution in [0.5, 0.6) is 0 Å². The van der Waals surface area contributed by atoms with E-state index in [1.54, 1.807) is 6.08 Å². The smallest absolute Gasteiger partial charge is 0.220 e. The number of nitrogens with one attached hydrogen (secondary N) is 1. The lowest BCUT2D eigenvalue weighted by Crippen LogP contribution is -2.66. The van der Waals surface area contributed by atoms with Crippen LogP contribution >= 0.6 is 0 Å². The number of allylic oxidation sites excluding steroid dienone is 7. The average Bonchev–Trinajstić information content (AvgIpc) is 0.784. The normalized spacial score (nSPS) is 26.8. The first kappa shape index (κ1) is 91.0. The summed E-state index contributed by atoms with van der Waals surface area (Å²) in [6.07, 6.45) is 49.9. The predicted molar refractivity (Wildman–Crippen MR) is 392 cm³/mol. The van der Waals surface area contributed by atoms with Gasteiger partial charge >= 0.3 is 0 Å². The Morgan fingerprint density at radius 1 is 0.354 bits per heavy atom. The molecule has 12 N–H and O–H groups in total. The van der Waals surface area contributed by atoms with Crippen LogP contribution in [-0.4, -0.2) is 193 Å². The molecule has 0 aromatic carbocycles. The second-order valence-electron chi connectivity index (χ2n) is 28.9. The fraction of sp³-hybridized carbons (Fsp3) is 0.887. The SMILES string of the molecule is CCCCCCCCC/C=C/CC/C=C/CC/C=C/C(O)C(COC1OC(CO)C(OC2OC(CO)C(OC3OC(CO)C(O)C(O)C3O)C(O)C2O)C(O)C1O)NC(=O)CCCCCCCCCCCCCCCCCCCCCCCCCCC/C=C\CCCCCCCCCC. The molecule has 0 aromatic rings. The van der Waals surface area contributed by atoms with Crippen molar-refractivity contribution in [3.05, 3.63) is 48.6 Å². The molecule has 17 atom stereocenters. The highest BCUT2D eigenvalue weighted by molar-refractivity contribution is 5.76. The number of carbonyl (C=O) groups excluding carboxylic acids is 1. The molecule has 0 radical (unpaired) electrons. The highest BCUT2D eigenvalue weighted by atomic mass is 16.8. The summed E-state index contributed by atoms with van der Waals surface area (Å²) in [5.41, 5.74) is 0. The summed E-state index contributed by atoms with van der Waals surface area (Å²) in [5.74, 6) is -0.285. The minimum Gasteiger partial charge on any atom is -0.394 e. The molecular weight excluding hydrogens is 1260 g/mol. The first-order valence-corrected chi connectivity index (χ1v) is 40.4. The number of hydrogen-bond donors (Lipinski definition) is 12. The van der Waals surface area contributed by atoms with Crippen molar-refractivity contribution in [3.8, 4) is 0 Å². The van der Waals surface area contributed by atoms with Crippen LogP contribution in [0.15, 0.2) is 48.6 Å². The molecule has 3 fully saturated rings. The Morgan fingerprint density at radius 3 is 1.01 bits per heavy atom. The van der Waals surface area contributed by atoms with E-state index in [2.05, 4.69) is 55.6 Å². The van der Waals surface area contributed by atoms with Crippen LogP contribution in [0.2, 0.25) is 0 Å². The summed E-state index contributed by atoms with van der Waals surface area (Å²) in [6.45, 7) is 1.73. The summed E-state index contributed by atoms with van der Waals surface area (Å²) in [7, 11) is 0. The van der Waals surface area contributed by atoms with E-state index in [0.717, 1.165) is 44.9 Å². The van der Waals surface area contributed by atoms with Crippen LogP contribution in [0.25, 0.3) is 0 Å². The van der Waals surface area contributed by atoms with Crippen LogP contribution in [0, 0.1) is 0 Å². The molecule has 0 saturated carbocycles. The second-order valence-corrected chi connectivity index (χ2v) is 28.9. The van der Waals surface area contributed by atoms with Gasteiger partial charge in [0.1, 0.15) is 73.2 Å². The van der Waals surface area contributed by atoms with E-state index >= 15 is 0 Å². The third-order valence-corrected chi connectivity index (χ3v) is 20.1. The van der Waals surface area contributed by atoms with Gasteiger partial charge in [0.25, 0.3) is 0 Å². The monoisotopic (exact) mass is 1410 g/mol. The number of rotatable bonds is 64. The maximum atomic E-state index is 13.4. The van der Waals surface area contributed by atoms with E-state index in [9.17, 15) is 61.0 Å². The molecule has 0 bridgehead atoms. The molecule has 19 heteroatoms. The third-order valence-electron chi connectivity index (χ3n) is 20.1. The van der Waals surface area contributed by atoms with Gasteiger partial charge < -0.3 is 89.9 Å². The number of ether oxygens (including phenoxy) is 6. The Labute approximate surface area is 599 Å². The van der Waals surface area contributed by atoms with E-state index in [1.165, 1.54) is 244 Å². The van der Waals surface area contributed by atoms with Gasteiger partial charge in [-0.15, -0.1) is 0 Å². The second kappa shape index (κ2) is 61.0. The average molecular weight is 1410 g/mol. The van der Waals surface area contributed by atoms with Crippen molar-refractivity contribution in [1.82, 2.24) is 5.32 Å². The Morgan fingerprint density at radius 2 is 0.646 bits per heavy atom. The number of carbonyl (C=O) groups is 1. The standard InChI is InChI=1S/C80H147NO18/c1-3-5-7-9-11-13-15-17-19-21-22-23-24-25-26-27-28-29-30-31-32-33-34-35-36-37-38-39-40-42-44-46-48-50-52-54-56-58-68(86)81-63(64(85)57-55-53-51-49-47-45-43-41-20-18-16-14-12-10-8-6-4-2)62-94-78-74(92)71(89)76(66(60-83)96-78)99-80-75(93)72(90)77(67(61-84)97-80)98-79-73(91)70(88)69(87)65(59-82)95-79/h20-22,41,47,49,55,57,63-67,69-80,82-85,87-93H,3-19,23-40,42-46,48,50-54,56,58-62H2,1-2H3,(H,81,86)/b22-21-,41-20+,49-47+,57-55+. The molecule has 17 unspecified atom stereocenters. The lowest BCUT2D eigenvalue weighted by molar-refractivity contribution is -0.379. The summed E-state index contributed by atoms with van der Waals surface area (Å²) in [4.78, 5) is 13.4. The first-order chi connectivity index (χ1) is 48.3. The lowest BCUT2D eigenvalue weighted by atomic mass is 9.96. The molecule has 3 aliphatic rings. The maximum Gasteiger partial charge on any atom is 0.220 e. The molecule has 580 valence electrons. The summed E-state index contributed by atoms with van der Waals surface area (Å²) < 4.78 is 34.4. The Kier molecular flexibility index (Phi) is 56.0. The maximum absolute atomic E-state index is 13.4. The van der Waals surface area contributed by atoms with Crippen LogP contribution in [0.4, 0.5) is 0 Å². The van der Waals surface area contributed by atoms with E-state index in [0.29, 0.717) is 12.8 Å². The highest BCUT2D eigenvalue weighted by Gasteiger charge is 2.54. The molecule has 3 aliphatic heterocycles. The van der Waals surface area contributed by atoms with Crippen molar-refractivity contribution in [2.75, 3.05) is 26.4 Å². The Bertz CT molecular complexity index is 1980. The van der Waals surface area contributed by atoms with Crippen molar-refractivity contribution in [2.45, 2.75) is 426 Å². The van der Waals surface area contributed by atoms with Gasteiger partial charge in [-0.25, -0.2) is 0 Å². The van der Waals surface area contributed by atoms with Crippen molar-refractivity contribution < 1.29 is 89.4 Å². The molecule has 1 amide bonds. The first-order valence-electron chi connectivity index (χ1n) is 40.4. The van der Waals surface area contributed by atoms with Gasteiger partial charge in [0.2, 0.25) is 5.91 Å². The zero-order chi connectivity index (χ0) is 71.8. The van der Waals surface area contributed by atoms with Crippen molar-refractivity contribution >= 4 is 5.91 Å². The summed E-state index contributed by atoms with van der Waals surface area (Å²) in [5, 5.41) is 121. The molecule has 3 saturated heterocycles. The van der Waals surface area contributed by atoms with Gasteiger partial charge in [0.05, 0.1) is 38.6 Å². The van der Waals surface area contributed by atoms with E-state index in [-0.39, 0.29) is 18.9 Å². The van der Waals surface area contributed by atoms with E-state index < -0.39 is 124 Å². The number of hydrogen-bond acceptors (Lipinski definition) is 18. The molecule has 99 heavy (non-hydrogen) atoms. The zero-order valence-corrected chi connectivity index (χ0v) is 62.0. The molecular formula is C80H147NO18. The summed E-state index contributed by atoms with van der Waals surface area (Å²) in [6, 6.07) is -0.996. The topological polar surface area (TPSA) is 307 Å². The van der Waals surface area contributed by atoms with Gasteiger partial charge in [-0.05, 0) is 70.6 Å². The molecule has 0 spiro atoms. The van der Waals surface area contributed by atoms with Crippen LogP contribution in [0.1, 0.15) is 322 Å². The van der Waals surface area contributed by atoms with Crippen LogP contribution in [0.3, 0.4) is 0 Å². The third kappa shape index (κ3) is 41.3. The van der Waals surface area contributed by atoms with Crippen molar-refractivity contribution in [1.29, 1.82) is 0 Å². The largest absolute Gasteiger partial charge is 0.394 e. The van der Waals surface area contributed by atoms with Crippen molar-refractivity contribution in [2.24, 2.45) is 0 Å². The fourth-order valence-corrected chi connectivity index (χ4v) is 13.6. The van der Waals surface area contributed by atoms with Gasteiger partial charge in [0, 0.05) is 6.42 Å². The van der Waals surface area contributed by atoms with Gasteiger partial charge in [-0.1, -0.05) is 294 Å². The van der Waals surface area contributed by atoms with Crippen LogP contribution in [-0.2, 0) is 33.2 Å². The molecule has 19 nitrogen and oxygen atoms in total. The quantitative estimate of drug-likeness (QED) is 0.0199. The van der Waals surface area contributed by atoms with E-state index in [1.807, 2.05) is 6.08 Å². The van der Waals surface area contributed by atoms with Gasteiger partial charge in [-0.3, -0.25) is 4.79 Å². The van der Waals surface area contributed by atoms with Crippen molar-refractivity contribution in [3.63, 3.8) is 0 Å². The lowest BCUT2D eigenvalue weighted by Gasteiger charge is -2.48. The zero-order valence-electron chi connectivity index (χ0n) is 62.0. The summed E-state index contributed by atoms with van der Waals surface area (Å²) >= 11 is 0. The number of unbranched alkanes of at least 4 members (excludes halogenated alkanes) is 42. The minimum absolute atomic E-state index is 0.235. The van der Waals surface area contributed by atoms with Gasteiger partial charge in [0.15, 0.2) is 18.9 Å². The Balaban J connectivity index is 1.32. The highest BCUT2D eigenvalue weighted by Crippen LogP contribution is 2.33. The van der Waals surface area contributed by atoms with E-state index in [4.69, 9.17) is 28.4 Å². The number of aliphatic hydroxyl groups excluding tert-OH is 11. The molecule has 0 aromatic heterocycles.